The molecule has 2 aromatic carbocycles. The van der Waals surface area contributed by atoms with Crippen molar-refractivity contribution in [2.24, 2.45) is 0 Å². The maximum absolute atomic E-state index is 13.6. The van der Waals surface area contributed by atoms with Gasteiger partial charge in [0.15, 0.2) is 0 Å². The Kier molecular flexibility index (Phi) is 7.13. The van der Waals surface area contributed by atoms with Gasteiger partial charge in [-0.25, -0.2) is 0 Å². The van der Waals surface area contributed by atoms with Gasteiger partial charge in [-0.05, 0) is 36.1 Å². The fourth-order valence-corrected chi connectivity index (χ4v) is 5.50. The van der Waals surface area contributed by atoms with Crippen molar-refractivity contribution in [3.05, 3.63) is 70.6 Å². The second-order valence-electron chi connectivity index (χ2n) is 8.19. The molecule has 0 aromatic heterocycles. The number of imide groups is 1. The van der Waals surface area contributed by atoms with Crippen molar-refractivity contribution in [1.82, 2.24) is 4.90 Å². The molecule has 31 heavy (non-hydrogen) atoms. The second-order valence-corrected chi connectivity index (χ2v) is 9.17. The third kappa shape index (κ3) is 4.87. The lowest BCUT2D eigenvalue weighted by molar-refractivity contribution is -0.139. The van der Waals surface area contributed by atoms with Gasteiger partial charge in [0.05, 0.1) is 17.6 Å². The molecule has 162 valence electrons. The smallest absolute Gasteiger partial charge is 0.268 e. The zero-order chi connectivity index (χ0) is 21.6. The van der Waals surface area contributed by atoms with Crippen LogP contribution in [0.25, 0.3) is 5.57 Å². The van der Waals surface area contributed by atoms with E-state index in [0.29, 0.717) is 16.2 Å². The molecule has 4 nitrogen and oxygen atoms in total. The van der Waals surface area contributed by atoms with E-state index in [1.54, 1.807) is 12.0 Å². The first kappa shape index (κ1) is 21.7. The Morgan fingerprint density at radius 1 is 0.871 bits per heavy atom. The summed E-state index contributed by atoms with van der Waals surface area (Å²) in [5.74, 6) is 1.13. The molecule has 0 atom stereocenters. The number of ether oxygens (including phenoxy) is 1. The predicted octanol–water partition coefficient (Wildman–Crippen LogP) is 5.82. The first-order valence-electron chi connectivity index (χ1n) is 11.1. The SMILES string of the molecule is COc1ccc(C2=C(SCc3ccccc3)C(=O)N(C3CCCCCCC3)C2=O)cc1. The summed E-state index contributed by atoms with van der Waals surface area (Å²) in [7, 11) is 1.62. The third-order valence-electron chi connectivity index (χ3n) is 6.12. The highest BCUT2D eigenvalue weighted by Crippen LogP contribution is 2.40. The van der Waals surface area contributed by atoms with Gasteiger partial charge in [0.2, 0.25) is 0 Å². The minimum atomic E-state index is -0.142. The topological polar surface area (TPSA) is 46.6 Å². The highest BCUT2D eigenvalue weighted by atomic mass is 32.2. The van der Waals surface area contributed by atoms with Crippen molar-refractivity contribution in [2.75, 3.05) is 7.11 Å². The quantitative estimate of drug-likeness (QED) is 0.536. The summed E-state index contributed by atoms with van der Waals surface area (Å²) >= 11 is 1.48. The van der Waals surface area contributed by atoms with Gasteiger partial charge in [-0.1, -0.05) is 74.6 Å². The van der Waals surface area contributed by atoms with Gasteiger partial charge in [-0.3, -0.25) is 14.5 Å². The molecular weight excluding hydrogens is 406 g/mol. The first-order valence-corrected chi connectivity index (χ1v) is 12.1. The van der Waals surface area contributed by atoms with E-state index in [-0.39, 0.29) is 17.9 Å². The van der Waals surface area contributed by atoms with Crippen LogP contribution in [-0.2, 0) is 15.3 Å². The molecule has 4 rings (SSSR count). The highest BCUT2D eigenvalue weighted by Gasteiger charge is 2.42. The minimum absolute atomic E-state index is 0.00312. The van der Waals surface area contributed by atoms with E-state index < -0.39 is 0 Å². The molecule has 0 spiro atoms. The van der Waals surface area contributed by atoms with Crippen molar-refractivity contribution in [2.45, 2.75) is 56.7 Å². The summed E-state index contributed by atoms with van der Waals surface area (Å²) in [5.41, 5.74) is 2.46. The van der Waals surface area contributed by atoms with Crippen LogP contribution >= 0.6 is 11.8 Å². The number of hydrogen-bond donors (Lipinski definition) is 0. The van der Waals surface area contributed by atoms with Crippen LogP contribution in [0.15, 0.2) is 59.5 Å². The summed E-state index contributed by atoms with van der Waals surface area (Å²) in [5, 5.41) is 0. The summed E-state index contributed by atoms with van der Waals surface area (Å²) in [6.45, 7) is 0. The van der Waals surface area contributed by atoms with Crippen molar-refractivity contribution in [1.29, 1.82) is 0 Å². The number of amides is 2. The Hall–Kier alpha value is -2.53. The monoisotopic (exact) mass is 435 g/mol. The van der Waals surface area contributed by atoms with Gasteiger partial charge in [-0.15, -0.1) is 11.8 Å². The zero-order valence-electron chi connectivity index (χ0n) is 18.0. The van der Waals surface area contributed by atoms with Crippen LogP contribution in [0, 0.1) is 0 Å². The summed E-state index contributed by atoms with van der Waals surface area (Å²) in [6.07, 6.45) is 7.58. The fraction of sp³-hybridized carbons (Fsp3) is 0.385. The lowest BCUT2D eigenvalue weighted by Gasteiger charge is -2.28. The van der Waals surface area contributed by atoms with Crippen LogP contribution in [0.1, 0.15) is 56.1 Å². The largest absolute Gasteiger partial charge is 0.497 e. The molecule has 0 bridgehead atoms. The number of benzene rings is 2. The van der Waals surface area contributed by atoms with Crippen LogP contribution in [-0.4, -0.2) is 29.9 Å². The summed E-state index contributed by atoms with van der Waals surface area (Å²) in [4.78, 5) is 29.3. The summed E-state index contributed by atoms with van der Waals surface area (Å²) in [6, 6.07) is 17.5. The molecule has 0 saturated heterocycles. The Bertz CT molecular complexity index is 944. The number of thioether (sulfide) groups is 1. The number of methoxy groups -OCH3 is 1. The van der Waals surface area contributed by atoms with E-state index >= 15 is 0 Å². The normalized spacial score (nSPS) is 18.3. The maximum atomic E-state index is 13.6. The Labute approximate surface area is 188 Å². The number of hydrogen-bond acceptors (Lipinski definition) is 4. The molecular formula is C26H29NO3S. The lowest BCUT2D eigenvalue weighted by Crippen LogP contribution is -2.41. The minimum Gasteiger partial charge on any atom is -0.497 e. The van der Waals surface area contributed by atoms with Crippen molar-refractivity contribution in [3.8, 4) is 5.75 Å². The first-order chi connectivity index (χ1) is 15.2. The molecule has 1 aliphatic heterocycles. The molecule has 2 amide bonds. The van der Waals surface area contributed by atoms with Crippen LogP contribution in [0.4, 0.5) is 0 Å². The fourth-order valence-electron chi connectivity index (χ4n) is 4.43. The molecule has 2 aromatic rings. The van der Waals surface area contributed by atoms with E-state index in [9.17, 15) is 9.59 Å². The van der Waals surface area contributed by atoms with Gasteiger partial charge >= 0.3 is 0 Å². The van der Waals surface area contributed by atoms with E-state index in [4.69, 9.17) is 4.74 Å². The van der Waals surface area contributed by atoms with E-state index in [2.05, 4.69) is 12.1 Å². The van der Waals surface area contributed by atoms with Gasteiger partial charge in [0.1, 0.15) is 5.75 Å². The maximum Gasteiger partial charge on any atom is 0.268 e. The van der Waals surface area contributed by atoms with Crippen molar-refractivity contribution >= 4 is 29.1 Å². The average molecular weight is 436 g/mol. The standard InChI is InChI=1S/C26H29NO3S/c1-30-22-16-14-20(15-17-22)23-24(31-18-19-10-6-5-7-11-19)26(29)27(25(23)28)21-12-8-3-2-4-9-13-21/h5-7,10-11,14-17,21H,2-4,8-9,12-13,18H2,1H3. The lowest BCUT2D eigenvalue weighted by atomic mass is 9.95. The van der Waals surface area contributed by atoms with Gasteiger partial charge in [-0.2, -0.15) is 0 Å². The molecule has 0 radical (unpaired) electrons. The highest BCUT2D eigenvalue weighted by molar-refractivity contribution is 8.03. The van der Waals surface area contributed by atoms with Crippen LogP contribution in [0.3, 0.4) is 0 Å². The Balaban J connectivity index is 1.65. The molecule has 1 saturated carbocycles. The number of carbonyl (C=O) groups excluding carboxylic acids is 2. The molecule has 1 aliphatic carbocycles. The van der Waals surface area contributed by atoms with Gasteiger partial charge < -0.3 is 4.74 Å². The molecule has 1 heterocycles. The predicted molar refractivity (Wildman–Crippen MR) is 126 cm³/mol. The summed E-state index contributed by atoms with van der Waals surface area (Å²) < 4.78 is 5.27. The molecule has 5 heteroatoms. The van der Waals surface area contributed by atoms with Crippen molar-refractivity contribution in [3.63, 3.8) is 0 Å². The van der Waals surface area contributed by atoms with E-state index in [1.807, 2.05) is 42.5 Å². The second kappa shape index (κ2) is 10.2. The van der Waals surface area contributed by atoms with E-state index in [0.717, 1.165) is 42.6 Å². The Morgan fingerprint density at radius 3 is 2.16 bits per heavy atom. The van der Waals surface area contributed by atoms with Crippen molar-refractivity contribution < 1.29 is 14.3 Å². The average Bonchev–Trinajstić information content (AvgIpc) is 3.02. The van der Waals surface area contributed by atoms with Crippen LogP contribution in [0.5, 0.6) is 5.75 Å². The van der Waals surface area contributed by atoms with E-state index in [1.165, 1.54) is 31.0 Å². The van der Waals surface area contributed by atoms with Crippen LogP contribution < -0.4 is 4.74 Å². The van der Waals surface area contributed by atoms with Gasteiger partial charge in [0, 0.05) is 11.8 Å². The molecule has 0 N–H and O–H groups in total. The van der Waals surface area contributed by atoms with Gasteiger partial charge in [0.25, 0.3) is 11.8 Å². The Morgan fingerprint density at radius 2 is 1.52 bits per heavy atom. The molecule has 0 unspecified atom stereocenters. The number of rotatable bonds is 6. The number of carbonyl (C=O) groups is 2. The third-order valence-corrected chi connectivity index (χ3v) is 7.26. The zero-order valence-corrected chi connectivity index (χ0v) is 18.8. The van der Waals surface area contributed by atoms with Crippen LogP contribution in [0.2, 0.25) is 0 Å². The number of nitrogens with zero attached hydrogens (tertiary/aromatic N) is 1. The molecule has 2 aliphatic rings. The molecule has 1 fully saturated rings.